The van der Waals surface area contributed by atoms with E-state index >= 15 is 0 Å². The molecule has 124 valence electrons. The Morgan fingerprint density at radius 3 is 2.22 bits per heavy atom. The van der Waals surface area contributed by atoms with Gasteiger partial charge < -0.3 is 5.11 Å². The van der Waals surface area contributed by atoms with E-state index in [2.05, 4.69) is 10.1 Å². The first-order valence-electron chi connectivity index (χ1n) is 5.54. The molecule has 0 saturated carbocycles. The second kappa shape index (κ2) is 5.41. The van der Waals surface area contributed by atoms with Crippen LogP contribution in [-0.4, -0.2) is 25.8 Å². The Morgan fingerprint density at radius 2 is 1.74 bits per heavy atom. The number of aromatic carboxylic acids is 1. The van der Waals surface area contributed by atoms with Crippen molar-refractivity contribution >= 4 is 17.6 Å². The number of halogens is 7. The van der Waals surface area contributed by atoms with Crippen LogP contribution >= 0.6 is 11.6 Å². The molecule has 0 spiro atoms. The molecule has 12 heteroatoms. The van der Waals surface area contributed by atoms with Crippen LogP contribution in [0.4, 0.5) is 26.3 Å². The summed E-state index contributed by atoms with van der Waals surface area (Å²) in [4.78, 5) is 14.0. The fraction of sp³-hybridized carbons (Fsp3) is 0.182. The van der Waals surface area contributed by atoms with Gasteiger partial charge in [0.1, 0.15) is 11.1 Å². The third-order valence-electron chi connectivity index (χ3n) is 2.61. The van der Waals surface area contributed by atoms with Gasteiger partial charge in [-0.15, -0.1) is 0 Å². The summed E-state index contributed by atoms with van der Waals surface area (Å²) in [6.07, 6.45) is -9.37. The van der Waals surface area contributed by atoms with E-state index < -0.39 is 46.0 Å². The molecule has 0 fully saturated rings. The zero-order chi connectivity index (χ0) is 17.6. The third kappa shape index (κ3) is 3.23. The Hall–Kier alpha value is -2.30. The Balaban J connectivity index is 2.81. The first kappa shape index (κ1) is 17.1. The molecule has 0 aliphatic carbocycles. The van der Waals surface area contributed by atoms with Crippen molar-refractivity contribution < 1.29 is 36.2 Å². The maximum Gasteiger partial charge on any atom is 0.434 e. The molecule has 0 saturated heterocycles. The molecule has 0 unspecified atom stereocenters. The molecular weight excluding hydrogens is 356 g/mol. The van der Waals surface area contributed by atoms with Gasteiger partial charge in [0.25, 0.3) is 0 Å². The minimum absolute atomic E-state index is 0.220. The molecule has 0 amide bonds. The summed E-state index contributed by atoms with van der Waals surface area (Å²) >= 11 is 5.39. The van der Waals surface area contributed by atoms with Gasteiger partial charge in [-0.3, -0.25) is 0 Å². The first-order valence-corrected chi connectivity index (χ1v) is 5.92. The quantitative estimate of drug-likeness (QED) is 0.831. The number of carbonyl (C=O) groups is 1. The molecule has 2 rings (SSSR count). The summed E-state index contributed by atoms with van der Waals surface area (Å²) < 4.78 is 77.8. The fourth-order valence-corrected chi connectivity index (χ4v) is 1.91. The van der Waals surface area contributed by atoms with Crippen molar-refractivity contribution in [3.8, 4) is 5.82 Å². The number of rotatable bonds is 2. The molecule has 1 N–H and O–H groups in total. The van der Waals surface area contributed by atoms with Gasteiger partial charge in [-0.25, -0.2) is 14.5 Å². The molecule has 0 aliphatic rings. The number of hydrogen-bond acceptors (Lipinski definition) is 3. The van der Waals surface area contributed by atoms with E-state index in [4.69, 9.17) is 16.7 Å². The van der Waals surface area contributed by atoms with Crippen molar-refractivity contribution in [1.82, 2.24) is 14.8 Å². The van der Waals surface area contributed by atoms with Crippen molar-refractivity contribution in [2.75, 3.05) is 0 Å². The van der Waals surface area contributed by atoms with Crippen LogP contribution in [0.2, 0.25) is 5.02 Å². The van der Waals surface area contributed by atoms with E-state index in [-0.39, 0.29) is 4.68 Å². The van der Waals surface area contributed by atoms with Crippen molar-refractivity contribution in [1.29, 1.82) is 0 Å². The van der Waals surface area contributed by atoms with E-state index in [0.29, 0.717) is 18.5 Å². The van der Waals surface area contributed by atoms with Crippen LogP contribution in [0.25, 0.3) is 5.82 Å². The van der Waals surface area contributed by atoms with Gasteiger partial charge in [-0.2, -0.15) is 31.4 Å². The Kier molecular flexibility index (Phi) is 4.01. The number of aromatic nitrogens is 3. The van der Waals surface area contributed by atoms with E-state index in [1.807, 2.05) is 0 Å². The fourth-order valence-electron chi connectivity index (χ4n) is 1.75. The van der Waals surface area contributed by atoms with Gasteiger partial charge in [-0.05, 0) is 6.07 Å². The largest absolute Gasteiger partial charge is 0.478 e. The summed E-state index contributed by atoms with van der Waals surface area (Å²) in [6.45, 7) is 0. The Bertz CT molecular complexity index is 768. The van der Waals surface area contributed by atoms with Crippen molar-refractivity contribution in [2.24, 2.45) is 0 Å². The van der Waals surface area contributed by atoms with Crippen LogP contribution in [0.15, 0.2) is 18.5 Å². The number of alkyl halides is 6. The number of carboxylic acid groups (broad SMARTS) is 1. The van der Waals surface area contributed by atoms with E-state index in [0.717, 1.165) is 0 Å². The second-order valence-electron chi connectivity index (χ2n) is 4.14. The molecule has 23 heavy (non-hydrogen) atoms. The third-order valence-corrected chi connectivity index (χ3v) is 2.81. The second-order valence-corrected chi connectivity index (χ2v) is 4.58. The lowest BCUT2D eigenvalue weighted by Gasteiger charge is -2.15. The lowest BCUT2D eigenvalue weighted by Crippen LogP contribution is -2.21. The summed E-state index contributed by atoms with van der Waals surface area (Å²) in [5.41, 5.74) is -4.77. The molecule has 0 bridgehead atoms. The van der Waals surface area contributed by atoms with Crippen LogP contribution in [-0.2, 0) is 12.4 Å². The lowest BCUT2D eigenvalue weighted by atomic mass is 10.2. The number of hydrogen-bond donors (Lipinski definition) is 1. The maximum absolute atomic E-state index is 13.0. The summed E-state index contributed by atoms with van der Waals surface area (Å²) in [7, 11) is 0. The topological polar surface area (TPSA) is 68.0 Å². The van der Waals surface area contributed by atoms with Crippen LogP contribution in [0.1, 0.15) is 21.6 Å². The van der Waals surface area contributed by atoms with Crippen LogP contribution in [0.5, 0.6) is 0 Å². The Morgan fingerprint density at radius 1 is 1.13 bits per heavy atom. The van der Waals surface area contributed by atoms with Gasteiger partial charge >= 0.3 is 18.3 Å². The SMILES string of the molecule is O=C(O)c1cnn(-c2ncc(Cl)cc2C(F)(F)F)c1C(F)(F)F. The van der Waals surface area contributed by atoms with Gasteiger partial charge in [0.2, 0.25) is 0 Å². The highest BCUT2D eigenvalue weighted by molar-refractivity contribution is 6.30. The highest BCUT2D eigenvalue weighted by atomic mass is 35.5. The lowest BCUT2D eigenvalue weighted by molar-refractivity contribution is -0.145. The van der Waals surface area contributed by atoms with E-state index in [9.17, 15) is 31.1 Å². The van der Waals surface area contributed by atoms with Crippen LogP contribution in [0, 0.1) is 0 Å². The minimum atomic E-state index is -5.27. The summed E-state index contributed by atoms with van der Waals surface area (Å²) in [5.74, 6) is -3.23. The number of carboxylic acids is 1. The van der Waals surface area contributed by atoms with Crippen LogP contribution < -0.4 is 0 Å². The van der Waals surface area contributed by atoms with E-state index in [1.54, 1.807) is 0 Å². The van der Waals surface area contributed by atoms with Gasteiger partial charge in [0.15, 0.2) is 11.5 Å². The van der Waals surface area contributed by atoms with E-state index in [1.165, 1.54) is 0 Å². The highest BCUT2D eigenvalue weighted by Crippen LogP contribution is 2.38. The average molecular weight is 360 g/mol. The number of nitrogens with zero attached hydrogens (tertiary/aromatic N) is 3. The molecule has 2 aromatic heterocycles. The Labute approximate surface area is 128 Å². The average Bonchev–Trinajstić information content (AvgIpc) is 2.82. The van der Waals surface area contributed by atoms with Crippen molar-refractivity contribution in [3.05, 3.63) is 40.3 Å². The summed E-state index contributed by atoms with van der Waals surface area (Å²) in [5, 5.41) is 11.4. The molecule has 2 aromatic rings. The molecule has 0 aliphatic heterocycles. The smallest absolute Gasteiger partial charge is 0.434 e. The molecule has 2 heterocycles. The molecule has 0 atom stereocenters. The molecule has 0 radical (unpaired) electrons. The predicted octanol–water partition coefficient (Wildman–Crippen LogP) is 3.66. The first-order chi connectivity index (χ1) is 10.4. The zero-order valence-electron chi connectivity index (χ0n) is 10.6. The minimum Gasteiger partial charge on any atom is -0.478 e. The van der Waals surface area contributed by atoms with Gasteiger partial charge in [0.05, 0.1) is 11.2 Å². The standard InChI is InChI=1S/C11H4ClF6N3O2/c12-4-1-6(10(13,14)15)8(19-2-4)21-7(11(16,17)18)5(3-20-21)9(22)23/h1-3H,(H,22,23). The van der Waals surface area contributed by atoms with Crippen molar-refractivity contribution in [2.45, 2.75) is 12.4 Å². The zero-order valence-corrected chi connectivity index (χ0v) is 11.3. The predicted molar refractivity (Wildman–Crippen MR) is 63.3 cm³/mol. The van der Waals surface area contributed by atoms with Gasteiger partial charge in [-0.1, -0.05) is 11.6 Å². The highest BCUT2D eigenvalue weighted by Gasteiger charge is 2.43. The maximum atomic E-state index is 13.0. The molecule has 5 nitrogen and oxygen atoms in total. The summed E-state index contributed by atoms with van der Waals surface area (Å²) in [6, 6.07) is 0.367. The number of pyridine rings is 1. The van der Waals surface area contributed by atoms with Crippen LogP contribution in [0.3, 0.4) is 0 Å². The van der Waals surface area contributed by atoms with Gasteiger partial charge in [0, 0.05) is 6.20 Å². The normalized spacial score (nSPS) is 12.5. The molecular formula is C11H4ClF6N3O2. The monoisotopic (exact) mass is 359 g/mol. The molecule has 0 aromatic carbocycles. The van der Waals surface area contributed by atoms with Crippen molar-refractivity contribution in [3.63, 3.8) is 0 Å².